The van der Waals surface area contributed by atoms with Crippen LogP contribution in [0.1, 0.15) is 32.5 Å². The summed E-state index contributed by atoms with van der Waals surface area (Å²) in [5.41, 5.74) is 0. The first-order valence-electron chi connectivity index (χ1n) is 6.86. The van der Waals surface area contributed by atoms with Crippen molar-refractivity contribution in [1.29, 1.82) is 0 Å². The van der Waals surface area contributed by atoms with Crippen LogP contribution in [0.15, 0.2) is 11.3 Å². The zero-order valence-corrected chi connectivity index (χ0v) is 12.7. The maximum absolute atomic E-state index is 4.31. The van der Waals surface area contributed by atoms with Crippen LogP contribution in [0, 0.1) is 5.92 Å². The Kier molecular flexibility index (Phi) is 6.32. The highest BCUT2D eigenvalue weighted by Crippen LogP contribution is 2.05. The molecule has 0 unspecified atom stereocenters. The standard InChI is InChI=1S/C13H26N6/c1-6-11(7-2)8-15-13(14-3)18(4)9-12-16-10-17-19(12)5/h10-11H,6-9H2,1-5H3,(H,14,15). The molecule has 0 aliphatic carbocycles. The Balaban J connectivity index is 2.53. The summed E-state index contributed by atoms with van der Waals surface area (Å²) >= 11 is 0. The molecule has 0 bridgehead atoms. The first kappa shape index (κ1) is 15.5. The Morgan fingerprint density at radius 1 is 1.47 bits per heavy atom. The minimum Gasteiger partial charge on any atom is -0.356 e. The highest BCUT2D eigenvalue weighted by Gasteiger charge is 2.11. The maximum atomic E-state index is 4.31. The van der Waals surface area contributed by atoms with Crippen molar-refractivity contribution >= 4 is 5.96 Å². The van der Waals surface area contributed by atoms with Crippen molar-refractivity contribution in [1.82, 2.24) is 25.0 Å². The first-order valence-corrected chi connectivity index (χ1v) is 6.86. The van der Waals surface area contributed by atoms with Crippen LogP contribution >= 0.6 is 0 Å². The van der Waals surface area contributed by atoms with Crippen LogP contribution < -0.4 is 5.32 Å². The van der Waals surface area contributed by atoms with Gasteiger partial charge in [0.1, 0.15) is 12.2 Å². The van der Waals surface area contributed by atoms with E-state index in [9.17, 15) is 0 Å². The molecule has 6 nitrogen and oxygen atoms in total. The monoisotopic (exact) mass is 266 g/mol. The van der Waals surface area contributed by atoms with E-state index in [-0.39, 0.29) is 0 Å². The Labute approximate surface area is 115 Å². The minimum absolute atomic E-state index is 0.694. The van der Waals surface area contributed by atoms with E-state index in [4.69, 9.17) is 0 Å². The second-order valence-electron chi connectivity index (χ2n) is 4.77. The number of aromatic nitrogens is 3. The lowest BCUT2D eigenvalue weighted by molar-refractivity contribution is 0.426. The number of hydrogen-bond donors (Lipinski definition) is 1. The van der Waals surface area contributed by atoms with E-state index in [0.717, 1.165) is 18.3 Å². The van der Waals surface area contributed by atoms with Gasteiger partial charge in [-0.1, -0.05) is 26.7 Å². The topological polar surface area (TPSA) is 58.3 Å². The summed E-state index contributed by atoms with van der Waals surface area (Å²) in [5, 5.41) is 7.50. The summed E-state index contributed by atoms with van der Waals surface area (Å²) in [6.07, 6.45) is 3.95. The zero-order chi connectivity index (χ0) is 14.3. The molecule has 0 aliphatic heterocycles. The molecule has 0 amide bonds. The summed E-state index contributed by atoms with van der Waals surface area (Å²) in [6.45, 7) is 6.10. The minimum atomic E-state index is 0.694. The quantitative estimate of drug-likeness (QED) is 0.622. The normalized spacial score (nSPS) is 12.0. The average Bonchev–Trinajstić information content (AvgIpc) is 2.80. The summed E-state index contributed by atoms with van der Waals surface area (Å²) < 4.78 is 1.78. The number of nitrogens with one attached hydrogen (secondary N) is 1. The smallest absolute Gasteiger partial charge is 0.193 e. The van der Waals surface area contributed by atoms with Crippen molar-refractivity contribution in [3.63, 3.8) is 0 Å². The highest BCUT2D eigenvalue weighted by molar-refractivity contribution is 5.79. The van der Waals surface area contributed by atoms with Gasteiger partial charge in [-0.25, -0.2) is 4.98 Å². The van der Waals surface area contributed by atoms with Crippen LogP contribution in [0.5, 0.6) is 0 Å². The number of aryl methyl sites for hydroxylation is 1. The third kappa shape index (κ3) is 4.54. The second-order valence-corrected chi connectivity index (χ2v) is 4.77. The molecule has 19 heavy (non-hydrogen) atoms. The maximum Gasteiger partial charge on any atom is 0.193 e. The predicted octanol–water partition coefficient (Wildman–Crippen LogP) is 1.26. The van der Waals surface area contributed by atoms with Crippen molar-refractivity contribution in [3.8, 4) is 0 Å². The number of hydrogen-bond acceptors (Lipinski definition) is 3. The molecular weight excluding hydrogens is 240 g/mol. The summed E-state index contributed by atoms with van der Waals surface area (Å²) in [5.74, 6) is 2.52. The number of rotatable bonds is 6. The molecule has 1 heterocycles. The number of guanidine groups is 1. The molecular formula is C13H26N6. The lowest BCUT2D eigenvalue weighted by Crippen LogP contribution is -2.41. The van der Waals surface area contributed by atoms with Crippen LogP contribution in [-0.4, -0.2) is 46.3 Å². The molecule has 0 fully saturated rings. The highest BCUT2D eigenvalue weighted by atomic mass is 15.4. The van der Waals surface area contributed by atoms with Crippen LogP contribution in [0.4, 0.5) is 0 Å². The van der Waals surface area contributed by atoms with Crippen molar-refractivity contribution in [3.05, 3.63) is 12.2 Å². The molecule has 1 N–H and O–H groups in total. The largest absolute Gasteiger partial charge is 0.356 e. The Bertz CT molecular complexity index is 394. The van der Waals surface area contributed by atoms with E-state index in [1.807, 2.05) is 21.1 Å². The van der Waals surface area contributed by atoms with Gasteiger partial charge in [-0.3, -0.25) is 9.67 Å². The van der Waals surface area contributed by atoms with Gasteiger partial charge in [0, 0.05) is 27.7 Å². The van der Waals surface area contributed by atoms with Gasteiger partial charge in [-0.15, -0.1) is 0 Å². The Morgan fingerprint density at radius 3 is 2.63 bits per heavy atom. The summed E-state index contributed by atoms with van der Waals surface area (Å²) in [7, 11) is 5.72. The van der Waals surface area contributed by atoms with Gasteiger partial charge in [-0.2, -0.15) is 5.10 Å². The second kappa shape index (κ2) is 7.76. The number of aliphatic imine (C=N–C) groups is 1. The van der Waals surface area contributed by atoms with Crippen LogP contribution in [-0.2, 0) is 13.6 Å². The molecule has 0 saturated heterocycles. The predicted molar refractivity (Wildman–Crippen MR) is 77.9 cm³/mol. The fourth-order valence-electron chi connectivity index (χ4n) is 1.95. The Morgan fingerprint density at radius 2 is 2.16 bits per heavy atom. The van der Waals surface area contributed by atoms with Gasteiger partial charge in [0.2, 0.25) is 0 Å². The lowest BCUT2D eigenvalue weighted by atomic mass is 10.0. The molecule has 0 saturated carbocycles. The van der Waals surface area contributed by atoms with Gasteiger partial charge in [0.25, 0.3) is 0 Å². The van der Waals surface area contributed by atoms with Gasteiger partial charge in [-0.05, 0) is 5.92 Å². The molecule has 1 aromatic rings. The Hall–Kier alpha value is -1.59. The van der Waals surface area contributed by atoms with E-state index < -0.39 is 0 Å². The summed E-state index contributed by atoms with van der Waals surface area (Å²) in [4.78, 5) is 10.6. The van der Waals surface area contributed by atoms with Crippen molar-refractivity contribution in [2.24, 2.45) is 18.0 Å². The molecule has 0 aliphatic rings. The third-order valence-electron chi connectivity index (χ3n) is 3.46. The van der Waals surface area contributed by atoms with E-state index in [2.05, 4.69) is 39.1 Å². The average molecular weight is 266 g/mol. The fourth-order valence-corrected chi connectivity index (χ4v) is 1.95. The van der Waals surface area contributed by atoms with Gasteiger partial charge >= 0.3 is 0 Å². The van der Waals surface area contributed by atoms with Crippen molar-refractivity contribution < 1.29 is 0 Å². The zero-order valence-electron chi connectivity index (χ0n) is 12.7. The van der Waals surface area contributed by atoms with Crippen LogP contribution in [0.2, 0.25) is 0 Å². The lowest BCUT2D eigenvalue weighted by Gasteiger charge is -2.23. The number of nitrogens with zero attached hydrogens (tertiary/aromatic N) is 5. The molecule has 0 radical (unpaired) electrons. The molecule has 0 aromatic carbocycles. The van der Waals surface area contributed by atoms with Crippen LogP contribution in [0.25, 0.3) is 0 Å². The summed E-state index contributed by atoms with van der Waals surface area (Å²) in [6, 6.07) is 0. The third-order valence-corrected chi connectivity index (χ3v) is 3.46. The van der Waals surface area contributed by atoms with Gasteiger partial charge < -0.3 is 10.2 Å². The van der Waals surface area contributed by atoms with Crippen LogP contribution in [0.3, 0.4) is 0 Å². The SMILES string of the molecule is CCC(CC)CNC(=NC)N(C)Cc1ncnn1C. The van der Waals surface area contributed by atoms with Crippen molar-refractivity contribution in [2.45, 2.75) is 33.2 Å². The van der Waals surface area contributed by atoms with E-state index >= 15 is 0 Å². The molecule has 108 valence electrons. The van der Waals surface area contributed by atoms with Gasteiger partial charge in [0.15, 0.2) is 5.96 Å². The molecule has 1 aromatic heterocycles. The van der Waals surface area contributed by atoms with E-state index in [0.29, 0.717) is 12.5 Å². The van der Waals surface area contributed by atoms with E-state index in [1.165, 1.54) is 12.8 Å². The van der Waals surface area contributed by atoms with E-state index in [1.54, 1.807) is 11.0 Å². The van der Waals surface area contributed by atoms with Gasteiger partial charge in [0.05, 0.1) is 6.54 Å². The molecule has 0 atom stereocenters. The molecule has 1 rings (SSSR count). The molecule has 6 heteroatoms. The fraction of sp³-hybridized carbons (Fsp3) is 0.769. The first-order chi connectivity index (χ1) is 9.12. The molecule has 0 spiro atoms. The van der Waals surface area contributed by atoms with Crippen molar-refractivity contribution in [2.75, 3.05) is 20.6 Å².